The monoisotopic (exact) mass is 299 g/mol. The van der Waals surface area contributed by atoms with E-state index in [0.29, 0.717) is 18.4 Å². The van der Waals surface area contributed by atoms with Crippen molar-refractivity contribution in [3.05, 3.63) is 36.2 Å². The fourth-order valence-electron chi connectivity index (χ4n) is 2.80. The van der Waals surface area contributed by atoms with Gasteiger partial charge in [0.05, 0.1) is 12.8 Å². The number of anilines is 1. The van der Waals surface area contributed by atoms with Gasteiger partial charge in [-0.15, -0.1) is 0 Å². The average Bonchev–Trinajstić information content (AvgIpc) is 2.57. The van der Waals surface area contributed by atoms with Crippen LogP contribution in [0.15, 0.2) is 24.9 Å². The Bertz CT molecular complexity index is 619. The summed E-state index contributed by atoms with van der Waals surface area (Å²) >= 11 is 0. The number of hydrogen-bond acceptors (Lipinski definition) is 6. The molecule has 0 aliphatic carbocycles. The second-order valence-corrected chi connectivity index (χ2v) is 5.72. The Morgan fingerprint density at radius 1 is 1.23 bits per heavy atom. The van der Waals surface area contributed by atoms with E-state index in [1.54, 1.807) is 24.9 Å². The van der Waals surface area contributed by atoms with Crippen LogP contribution in [0.5, 0.6) is 5.88 Å². The van der Waals surface area contributed by atoms with Gasteiger partial charge in [0.25, 0.3) is 0 Å². The highest BCUT2D eigenvalue weighted by molar-refractivity contribution is 5.47. The Morgan fingerprint density at radius 3 is 2.95 bits per heavy atom. The Hall–Kier alpha value is -2.24. The van der Waals surface area contributed by atoms with Crippen LogP contribution < -0.4 is 9.64 Å². The highest BCUT2D eigenvalue weighted by Gasteiger charge is 2.23. The van der Waals surface area contributed by atoms with Crippen molar-refractivity contribution in [2.75, 3.05) is 24.6 Å². The molecule has 2 aromatic heterocycles. The molecule has 0 aromatic carbocycles. The third-order valence-corrected chi connectivity index (χ3v) is 4.13. The molecule has 0 bridgehead atoms. The number of piperidine rings is 1. The minimum Gasteiger partial charge on any atom is -0.476 e. The zero-order valence-corrected chi connectivity index (χ0v) is 13.1. The van der Waals surface area contributed by atoms with E-state index in [2.05, 4.69) is 31.8 Å². The quantitative estimate of drug-likeness (QED) is 0.862. The second kappa shape index (κ2) is 6.68. The highest BCUT2D eigenvalue weighted by atomic mass is 16.5. The molecular formula is C16H21N5O. The summed E-state index contributed by atoms with van der Waals surface area (Å²) in [4.78, 5) is 19.2. The molecule has 0 amide bonds. The molecule has 22 heavy (non-hydrogen) atoms. The minimum absolute atomic E-state index is 0.477. The Kier molecular flexibility index (Phi) is 4.46. The molecule has 1 fully saturated rings. The molecule has 2 aromatic rings. The SMILES string of the molecule is Cc1ncnc(N2CCCC(COc3cnccn3)C2)c1C. The Labute approximate surface area is 130 Å². The van der Waals surface area contributed by atoms with Crippen LogP contribution in [0.2, 0.25) is 0 Å². The van der Waals surface area contributed by atoms with Crippen molar-refractivity contribution in [3.8, 4) is 5.88 Å². The van der Waals surface area contributed by atoms with Gasteiger partial charge in [-0.05, 0) is 26.7 Å². The molecule has 0 N–H and O–H groups in total. The third-order valence-electron chi connectivity index (χ3n) is 4.13. The lowest BCUT2D eigenvalue weighted by molar-refractivity contribution is 0.220. The summed E-state index contributed by atoms with van der Waals surface area (Å²) in [5.74, 6) is 2.12. The Balaban J connectivity index is 1.63. The van der Waals surface area contributed by atoms with Crippen molar-refractivity contribution in [1.29, 1.82) is 0 Å². The maximum atomic E-state index is 5.75. The standard InChI is InChI=1S/C16H21N5O/c1-12-13(2)19-11-20-16(12)21-7-3-4-14(9-21)10-22-15-8-17-5-6-18-15/h5-6,8,11,14H,3-4,7,9-10H2,1-2H3. The first kappa shape index (κ1) is 14.7. The van der Waals surface area contributed by atoms with Crippen molar-refractivity contribution in [2.24, 2.45) is 5.92 Å². The lowest BCUT2D eigenvalue weighted by Gasteiger charge is -2.34. The molecule has 1 aliphatic rings. The summed E-state index contributed by atoms with van der Waals surface area (Å²) in [5.41, 5.74) is 2.21. The van der Waals surface area contributed by atoms with Crippen LogP contribution in [0.1, 0.15) is 24.1 Å². The average molecular weight is 299 g/mol. The van der Waals surface area contributed by atoms with Gasteiger partial charge >= 0.3 is 0 Å². The first-order valence-corrected chi connectivity index (χ1v) is 7.66. The molecule has 3 rings (SSSR count). The van der Waals surface area contributed by atoms with E-state index < -0.39 is 0 Å². The topological polar surface area (TPSA) is 64.0 Å². The van der Waals surface area contributed by atoms with Crippen LogP contribution in [0, 0.1) is 19.8 Å². The zero-order chi connectivity index (χ0) is 15.4. The van der Waals surface area contributed by atoms with E-state index >= 15 is 0 Å². The maximum absolute atomic E-state index is 5.75. The van der Waals surface area contributed by atoms with Gasteiger partial charge in [-0.25, -0.2) is 15.0 Å². The van der Waals surface area contributed by atoms with Crippen molar-refractivity contribution in [2.45, 2.75) is 26.7 Å². The van der Waals surface area contributed by atoms with E-state index in [0.717, 1.165) is 36.6 Å². The first-order valence-electron chi connectivity index (χ1n) is 7.66. The first-order chi connectivity index (χ1) is 10.7. The van der Waals surface area contributed by atoms with E-state index in [9.17, 15) is 0 Å². The normalized spacial score (nSPS) is 18.3. The molecular weight excluding hydrogens is 278 g/mol. The number of aryl methyl sites for hydroxylation is 1. The van der Waals surface area contributed by atoms with E-state index in [-0.39, 0.29) is 0 Å². The summed E-state index contributed by atoms with van der Waals surface area (Å²) in [7, 11) is 0. The molecule has 1 saturated heterocycles. The number of aromatic nitrogens is 4. The third kappa shape index (κ3) is 3.32. The number of nitrogens with zero attached hydrogens (tertiary/aromatic N) is 5. The summed E-state index contributed by atoms with van der Waals surface area (Å²) in [6.07, 6.45) is 8.91. The molecule has 3 heterocycles. The summed E-state index contributed by atoms with van der Waals surface area (Å²) < 4.78 is 5.75. The predicted octanol–water partition coefficient (Wildman–Crippen LogP) is 2.18. The molecule has 1 atom stereocenters. The fourth-order valence-corrected chi connectivity index (χ4v) is 2.80. The van der Waals surface area contributed by atoms with Gasteiger partial charge in [0.2, 0.25) is 5.88 Å². The van der Waals surface area contributed by atoms with Crippen LogP contribution >= 0.6 is 0 Å². The van der Waals surface area contributed by atoms with Gasteiger partial charge < -0.3 is 9.64 Å². The second-order valence-electron chi connectivity index (χ2n) is 5.72. The lowest BCUT2D eigenvalue weighted by Crippen LogP contribution is -2.38. The van der Waals surface area contributed by atoms with Gasteiger partial charge in [0.1, 0.15) is 12.1 Å². The molecule has 116 valence electrons. The molecule has 1 unspecified atom stereocenters. The minimum atomic E-state index is 0.477. The number of ether oxygens (including phenoxy) is 1. The number of hydrogen-bond donors (Lipinski definition) is 0. The van der Waals surface area contributed by atoms with Gasteiger partial charge in [-0.2, -0.15) is 0 Å². The van der Waals surface area contributed by atoms with Crippen molar-refractivity contribution in [3.63, 3.8) is 0 Å². The largest absolute Gasteiger partial charge is 0.476 e. The van der Waals surface area contributed by atoms with Crippen molar-refractivity contribution in [1.82, 2.24) is 19.9 Å². The van der Waals surface area contributed by atoms with Gasteiger partial charge in [0.15, 0.2) is 0 Å². The van der Waals surface area contributed by atoms with E-state index in [1.165, 1.54) is 6.42 Å². The molecule has 6 heteroatoms. The molecule has 0 spiro atoms. The zero-order valence-electron chi connectivity index (χ0n) is 13.1. The molecule has 0 saturated carbocycles. The molecule has 1 aliphatic heterocycles. The van der Waals surface area contributed by atoms with Crippen LogP contribution in [-0.2, 0) is 0 Å². The van der Waals surface area contributed by atoms with Crippen LogP contribution in [0.25, 0.3) is 0 Å². The van der Waals surface area contributed by atoms with Gasteiger partial charge in [0, 0.05) is 42.7 Å². The maximum Gasteiger partial charge on any atom is 0.232 e. The highest BCUT2D eigenvalue weighted by Crippen LogP contribution is 2.25. The van der Waals surface area contributed by atoms with Crippen LogP contribution in [0.3, 0.4) is 0 Å². The van der Waals surface area contributed by atoms with Crippen molar-refractivity contribution < 1.29 is 4.74 Å². The Morgan fingerprint density at radius 2 is 2.14 bits per heavy atom. The van der Waals surface area contributed by atoms with Crippen LogP contribution in [0.4, 0.5) is 5.82 Å². The smallest absolute Gasteiger partial charge is 0.232 e. The fraction of sp³-hybridized carbons (Fsp3) is 0.500. The van der Waals surface area contributed by atoms with E-state index in [4.69, 9.17) is 4.74 Å². The van der Waals surface area contributed by atoms with Crippen LogP contribution in [-0.4, -0.2) is 39.6 Å². The molecule has 6 nitrogen and oxygen atoms in total. The van der Waals surface area contributed by atoms with Gasteiger partial charge in [-0.1, -0.05) is 0 Å². The molecule has 0 radical (unpaired) electrons. The number of rotatable bonds is 4. The summed E-state index contributed by atoms with van der Waals surface area (Å²) in [6, 6.07) is 0. The van der Waals surface area contributed by atoms with Gasteiger partial charge in [-0.3, -0.25) is 4.98 Å². The predicted molar refractivity (Wildman–Crippen MR) is 84.0 cm³/mol. The van der Waals surface area contributed by atoms with Crippen molar-refractivity contribution >= 4 is 5.82 Å². The summed E-state index contributed by atoms with van der Waals surface area (Å²) in [6.45, 7) is 6.78. The van der Waals surface area contributed by atoms with E-state index in [1.807, 2.05) is 6.92 Å². The lowest BCUT2D eigenvalue weighted by atomic mass is 9.98. The summed E-state index contributed by atoms with van der Waals surface area (Å²) in [5, 5.41) is 0.